The van der Waals surface area contributed by atoms with Crippen LogP contribution in [0.5, 0.6) is 0 Å². The van der Waals surface area contributed by atoms with Crippen LogP contribution in [0.3, 0.4) is 0 Å². The molecule has 1 aliphatic rings. The van der Waals surface area contributed by atoms with E-state index in [1.807, 2.05) is 18.2 Å². The van der Waals surface area contributed by atoms with E-state index < -0.39 is 21.5 Å². The highest BCUT2D eigenvalue weighted by Crippen LogP contribution is 2.41. The fourth-order valence-corrected chi connectivity index (χ4v) is 3.74. The van der Waals surface area contributed by atoms with Gasteiger partial charge in [0.1, 0.15) is 5.75 Å². The molecular weight excluding hydrogens is 298 g/mol. The molecule has 20 heavy (non-hydrogen) atoms. The van der Waals surface area contributed by atoms with Gasteiger partial charge in [0, 0.05) is 17.0 Å². The van der Waals surface area contributed by atoms with Crippen molar-refractivity contribution in [2.24, 2.45) is 0 Å². The van der Waals surface area contributed by atoms with Crippen molar-refractivity contribution in [3.8, 4) is 0 Å². The van der Waals surface area contributed by atoms with Crippen molar-refractivity contribution in [1.82, 2.24) is 5.32 Å². The van der Waals surface area contributed by atoms with Crippen molar-refractivity contribution in [3.05, 3.63) is 34.9 Å². The second kappa shape index (κ2) is 6.14. The standard InChI is InChI=1S/C14H18ClNO3S/c1-2-6-20(18,19)9-14(17)16-13-8-12(13)10-4-3-5-11(15)7-10/h3-5,7,12-13H,2,6,8-9H2,1H3,(H,16,17)/t12-,13+/m0/s1. The monoisotopic (exact) mass is 315 g/mol. The smallest absolute Gasteiger partial charge is 0.235 e. The summed E-state index contributed by atoms with van der Waals surface area (Å²) >= 11 is 5.93. The number of amides is 1. The van der Waals surface area contributed by atoms with Gasteiger partial charge in [-0.3, -0.25) is 4.79 Å². The minimum Gasteiger partial charge on any atom is -0.352 e. The Kier molecular flexibility index (Phi) is 4.70. The first-order valence-corrected chi connectivity index (χ1v) is 8.86. The molecule has 0 saturated heterocycles. The number of carbonyl (C=O) groups is 1. The third-order valence-corrected chi connectivity index (χ3v) is 5.25. The van der Waals surface area contributed by atoms with Gasteiger partial charge in [0.25, 0.3) is 0 Å². The van der Waals surface area contributed by atoms with Gasteiger partial charge in [0.15, 0.2) is 9.84 Å². The molecular formula is C14H18ClNO3S. The highest BCUT2D eigenvalue weighted by molar-refractivity contribution is 7.92. The van der Waals surface area contributed by atoms with Crippen molar-refractivity contribution in [3.63, 3.8) is 0 Å². The van der Waals surface area contributed by atoms with E-state index in [9.17, 15) is 13.2 Å². The van der Waals surface area contributed by atoms with E-state index in [1.165, 1.54) is 0 Å². The van der Waals surface area contributed by atoms with Gasteiger partial charge >= 0.3 is 0 Å². The number of nitrogens with one attached hydrogen (secondary N) is 1. The number of halogens is 1. The van der Waals surface area contributed by atoms with Gasteiger partial charge in [-0.2, -0.15) is 0 Å². The number of hydrogen-bond acceptors (Lipinski definition) is 3. The molecule has 1 aromatic rings. The van der Waals surface area contributed by atoms with Crippen molar-refractivity contribution < 1.29 is 13.2 Å². The van der Waals surface area contributed by atoms with E-state index in [-0.39, 0.29) is 17.7 Å². The Balaban J connectivity index is 1.86. The van der Waals surface area contributed by atoms with Gasteiger partial charge in [-0.05, 0) is 30.5 Å². The SMILES string of the molecule is CCCS(=O)(=O)CC(=O)N[C@@H]1C[C@H]1c1cccc(Cl)c1. The highest BCUT2D eigenvalue weighted by Gasteiger charge is 2.39. The Labute approximate surface area is 124 Å². The summed E-state index contributed by atoms with van der Waals surface area (Å²) in [5, 5.41) is 3.45. The van der Waals surface area contributed by atoms with E-state index in [2.05, 4.69) is 5.32 Å². The van der Waals surface area contributed by atoms with Crippen LogP contribution >= 0.6 is 11.6 Å². The maximum Gasteiger partial charge on any atom is 0.235 e. The van der Waals surface area contributed by atoms with Gasteiger partial charge in [0.2, 0.25) is 5.91 Å². The van der Waals surface area contributed by atoms with Crippen LogP contribution in [-0.4, -0.2) is 31.9 Å². The van der Waals surface area contributed by atoms with Crippen molar-refractivity contribution >= 4 is 27.3 Å². The quantitative estimate of drug-likeness (QED) is 0.874. The first-order chi connectivity index (χ1) is 9.41. The molecule has 1 aromatic carbocycles. The molecule has 0 radical (unpaired) electrons. The van der Waals surface area contributed by atoms with Crippen molar-refractivity contribution in [1.29, 1.82) is 0 Å². The zero-order valence-corrected chi connectivity index (χ0v) is 12.9. The fraction of sp³-hybridized carbons (Fsp3) is 0.500. The summed E-state index contributed by atoms with van der Waals surface area (Å²) in [7, 11) is -3.27. The third kappa shape index (κ3) is 4.21. The molecule has 110 valence electrons. The van der Waals surface area contributed by atoms with Gasteiger partial charge in [0.05, 0.1) is 5.75 Å². The molecule has 1 aliphatic carbocycles. The lowest BCUT2D eigenvalue weighted by molar-refractivity contribution is -0.118. The van der Waals surface area contributed by atoms with Crippen LogP contribution in [0.2, 0.25) is 5.02 Å². The molecule has 1 fully saturated rings. The first kappa shape index (κ1) is 15.3. The fourth-order valence-electron chi connectivity index (χ4n) is 2.29. The van der Waals surface area contributed by atoms with Gasteiger partial charge in [-0.1, -0.05) is 30.7 Å². The van der Waals surface area contributed by atoms with E-state index in [0.29, 0.717) is 11.4 Å². The summed E-state index contributed by atoms with van der Waals surface area (Å²) < 4.78 is 23.1. The number of hydrogen-bond donors (Lipinski definition) is 1. The summed E-state index contributed by atoms with van der Waals surface area (Å²) in [6.45, 7) is 1.78. The molecule has 1 N–H and O–H groups in total. The van der Waals surface area contributed by atoms with Crippen LogP contribution in [0.4, 0.5) is 0 Å². The topological polar surface area (TPSA) is 63.2 Å². The highest BCUT2D eigenvalue weighted by atomic mass is 35.5. The lowest BCUT2D eigenvalue weighted by atomic mass is 10.1. The summed E-state index contributed by atoms with van der Waals surface area (Å²) in [5.74, 6) is -0.526. The summed E-state index contributed by atoms with van der Waals surface area (Å²) in [6.07, 6.45) is 1.37. The summed E-state index contributed by atoms with van der Waals surface area (Å²) in [4.78, 5) is 11.7. The largest absolute Gasteiger partial charge is 0.352 e. The zero-order valence-electron chi connectivity index (χ0n) is 11.3. The lowest BCUT2D eigenvalue weighted by Gasteiger charge is -2.06. The van der Waals surface area contributed by atoms with Crippen molar-refractivity contribution in [2.45, 2.75) is 31.7 Å². The first-order valence-electron chi connectivity index (χ1n) is 6.66. The Hall–Kier alpha value is -1.07. The van der Waals surface area contributed by atoms with E-state index in [1.54, 1.807) is 13.0 Å². The molecule has 2 rings (SSSR count). The minimum absolute atomic E-state index is 0.0257. The predicted octanol–water partition coefficient (Wildman–Crippen LogP) is 2.14. The van der Waals surface area contributed by atoms with Crippen LogP contribution in [0, 0.1) is 0 Å². The average Bonchev–Trinajstić information content (AvgIpc) is 3.07. The lowest BCUT2D eigenvalue weighted by Crippen LogP contribution is -2.33. The Bertz CT molecular complexity index is 600. The Morgan fingerprint density at radius 1 is 1.45 bits per heavy atom. The third-order valence-electron chi connectivity index (χ3n) is 3.28. The van der Waals surface area contributed by atoms with Crippen LogP contribution < -0.4 is 5.32 Å². The molecule has 0 spiro atoms. The predicted molar refractivity (Wildman–Crippen MR) is 79.7 cm³/mol. The Morgan fingerprint density at radius 3 is 2.85 bits per heavy atom. The van der Waals surface area contributed by atoms with Crippen molar-refractivity contribution in [2.75, 3.05) is 11.5 Å². The van der Waals surface area contributed by atoms with Crippen LogP contribution in [0.1, 0.15) is 31.2 Å². The number of carbonyl (C=O) groups excluding carboxylic acids is 1. The van der Waals surface area contributed by atoms with Crippen LogP contribution in [0.25, 0.3) is 0 Å². The van der Waals surface area contributed by atoms with Gasteiger partial charge in [-0.25, -0.2) is 8.42 Å². The second-order valence-corrected chi connectivity index (χ2v) is 7.78. The average molecular weight is 316 g/mol. The number of sulfone groups is 1. The van der Waals surface area contributed by atoms with E-state index >= 15 is 0 Å². The summed E-state index contributed by atoms with van der Waals surface area (Å²) in [5.41, 5.74) is 1.08. The van der Waals surface area contributed by atoms with Crippen LogP contribution in [-0.2, 0) is 14.6 Å². The second-order valence-electron chi connectivity index (χ2n) is 5.16. The summed E-state index contributed by atoms with van der Waals surface area (Å²) in [6, 6.07) is 7.56. The Morgan fingerprint density at radius 2 is 2.20 bits per heavy atom. The molecule has 1 amide bonds. The molecule has 0 aliphatic heterocycles. The number of benzene rings is 1. The van der Waals surface area contributed by atoms with Crippen LogP contribution in [0.15, 0.2) is 24.3 Å². The normalized spacial score (nSPS) is 21.5. The molecule has 0 bridgehead atoms. The molecule has 0 unspecified atom stereocenters. The minimum atomic E-state index is -3.27. The number of rotatable bonds is 6. The molecule has 0 heterocycles. The maximum absolute atomic E-state index is 11.7. The van der Waals surface area contributed by atoms with E-state index in [4.69, 9.17) is 11.6 Å². The molecule has 0 aromatic heterocycles. The van der Waals surface area contributed by atoms with Gasteiger partial charge < -0.3 is 5.32 Å². The molecule has 4 nitrogen and oxygen atoms in total. The molecule has 2 atom stereocenters. The molecule has 6 heteroatoms. The van der Waals surface area contributed by atoms with E-state index in [0.717, 1.165) is 12.0 Å². The maximum atomic E-state index is 11.7. The van der Waals surface area contributed by atoms with Gasteiger partial charge in [-0.15, -0.1) is 0 Å². The zero-order chi connectivity index (χ0) is 14.8. The molecule has 1 saturated carbocycles.